The first kappa shape index (κ1) is 16.0. The predicted octanol–water partition coefficient (Wildman–Crippen LogP) is 2.66. The van der Waals surface area contributed by atoms with Gasteiger partial charge >= 0.3 is 0 Å². The van der Waals surface area contributed by atoms with Crippen LogP contribution in [0.25, 0.3) is 11.3 Å². The number of benzene rings is 1. The highest BCUT2D eigenvalue weighted by molar-refractivity contribution is 6.30. The molecule has 0 bridgehead atoms. The van der Waals surface area contributed by atoms with Gasteiger partial charge < -0.3 is 20.2 Å². The van der Waals surface area contributed by atoms with Gasteiger partial charge in [0.25, 0.3) is 0 Å². The molecule has 0 aliphatic rings. The molecule has 0 saturated heterocycles. The van der Waals surface area contributed by atoms with E-state index < -0.39 is 0 Å². The second kappa shape index (κ2) is 8.20. The van der Waals surface area contributed by atoms with Crippen LogP contribution in [0.4, 0.5) is 0 Å². The lowest BCUT2D eigenvalue weighted by Gasteiger charge is -2.07. The van der Waals surface area contributed by atoms with E-state index >= 15 is 0 Å². The van der Waals surface area contributed by atoms with Crippen molar-refractivity contribution in [3.05, 3.63) is 47.2 Å². The van der Waals surface area contributed by atoms with Gasteiger partial charge in [0, 0.05) is 30.2 Å². The number of rotatable bonds is 8. The van der Waals surface area contributed by atoms with E-state index in [0.29, 0.717) is 13.1 Å². The lowest BCUT2D eigenvalue weighted by molar-refractivity contribution is 0.191. The minimum absolute atomic E-state index is 0.308. The Hall–Kier alpha value is -1.33. The third-order valence-electron chi connectivity index (χ3n) is 3.01. The van der Waals surface area contributed by atoms with Gasteiger partial charge in [-0.25, -0.2) is 0 Å². The average Bonchev–Trinajstić information content (AvgIpc) is 2.92. The molecular formula is C16H21ClN2O2. The Morgan fingerprint density at radius 2 is 1.81 bits per heavy atom. The van der Waals surface area contributed by atoms with Crippen molar-refractivity contribution in [2.24, 2.45) is 0 Å². The van der Waals surface area contributed by atoms with Gasteiger partial charge in [-0.05, 0) is 43.3 Å². The van der Waals surface area contributed by atoms with E-state index in [0.717, 1.165) is 35.2 Å². The number of furan rings is 1. The molecule has 1 heterocycles. The summed E-state index contributed by atoms with van der Waals surface area (Å²) in [7, 11) is 0. The quantitative estimate of drug-likeness (QED) is 0.656. The zero-order valence-electron chi connectivity index (χ0n) is 12.1. The van der Waals surface area contributed by atoms with Crippen LogP contribution >= 0.6 is 11.6 Å². The van der Waals surface area contributed by atoms with Crippen LogP contribution in [0.15, 0.2) is 40.8 Å². The molecule has 1 aromatic heterocycles. The summed E-state index contributed by atoms with van der Waals surface area (Å²) in [6.07, 6.45) is -0.308. The van der Waals surface area contributed by atoms with Gasteiger partial charge in [0.05, 0.1) is 12.6 Å². The highest BCUT2D eigenvalue weighted by atomic mass is 35.5. The zero-order valence-corrected chi connectivity index (χ0v) is 12.9. The van der Waals surface area contributed by atoms with Crippen molar-refractivity contribution in [1.29, 1.82) is 0 Å². The Morgan fingerprint density at radius 3 is 2.52 bits per heavy atom. The summed E-state index contributed by atoms with van der Waals surface area (Å²) >= 11 is 5.87. The molecule has 0 saturated carbocycles. The van der Waals surface area contributed by atoms with Crippen molar-refractivity contribution >= 4 is 11.6 Å². The first-order valence-electron chi connectivity index (χ1n) is 7.09. The summed E-state index contributed by atoms with van der Waals surface area (Å²) in [5.41, 5.74) is 1.02. The molecule has 0 amide bonds. The fraction of sp³-hybridized carbons (Fsp3) is 0.375. The van der Waals surface area contributed by atoms with Crippen LogP contribution in [-0.2, 0) is 6.54 Å². The maximum atomic E-state index is 9.11. The molecule has 5 heteroatoms. The lowest BCUT2D eigenvalue weighted by atomic mass is 10.2. The highest BCUT2D eigenvalue weighted by Gasteiger charge is 2.04. The second-order valence-corrected chi connectivity index (χ2v) is 5.44. The Balaban J connectivity index is 1.74. The summed E-state index contributed by atoms with van der Waals surface area (Å²) in [5, 5.41) is 16.3. The van der Waals surface area contributed by atoms with Crippen LogP contribution in [-0.4, -0.2) is 30.8 Å². The van der Waals surface area contributed by atoms with Crippen molar-refractivity contribution in [1.82, 2.24) is 10.6 Å². The van der Waals surface area contributed by atoms with E-state index in [1.807, 2.05) is 36.4 Å². The van der Waals surface area contributed by atoms with Gasteiger partial charge in [-0.15, -0.1) is 0 Å². The molecule has 4 nitrogen and oxygen atoms in total. The standard InChI is InChI=1S/C16H21ClN2O2/c1-12(20)10-18-8-9-19-11-15-6-7-16(21-15)13-2-4-14(17)5-3-13/h2-7,12,18-20H,8-11H2,1H3/t12-/m1/s1. The van der Waals surface area contributed by atoms with E-state index in [2.05, 4.69) is 10.6 Å². The predicted molar refractivity (Wildman–Crippen MR) is 85.4 cm³/mol. The van der Waals surface area contributed by atoms with Crippen LogP contribution in [0.2, 0.25) is 5.02 Å². The van der Waals surface area contributed by atoms with Crippen LogP contribution in [0.1, 0.15) is 12.7 Å². The summed E-state index contributed by atoms with van der Waals surface area (Å²) in [6, 6.07) is 11.5. The number of hydrogen-bond acceptors (Lipinski definition) is 4. The van der Waals surface area contributed by atoms with Gasteiger partial charge in [0.15, 0.2) is 0 Å². The SMILES string of the molecule is C[C@@H](O)CNCCNCc1ccc(-c2ccc(Cl)cc2)o1. The molecule has 0 aliphatic heterocycles. The minimum atomic E-state index is -0.308. The molecule has 0 fully saturated rings. The second-order valence-electron chi connectivity index (χ2n) is 5.00. The molecule has 2 rings (SSSR count). The Morgan fingerprint density at radius 1 is 1.10 bits per heavy atom. The minimum Gasteiger partial charge on any atom is -0.460 e. The summed E-state index contributed by atoms with van der Waals surface area (Å²) in [4.78, 5) is 0. The fourth-order valence-electron chi connectivity index (χ4n) is 1.94. The van der Waals surface area contributed by atoms with Crippen LogP contribution in [0, 0.1) is 0 Å². The topological polar surface area (TPSA) is 57.4 Å². The van der Waals surface area contributed by atoms with Gasteiger partial charge in [-0.1, -0.05) is 11.6 Å². The van der Waals surface area contributed by atoms with Crippen LogP contribution in [0.3, 0.4) is 0 Å². The van der Waals surface area contributed by atoms with E-state index in [9.17, 15) is 0 Å². The largest absolute Gasteiger partial charge is 0.460 e. The summed E-state index contributed by atoms with van der Waals surface area (Å²) < 4.78 is 5.79. The first-order chi connectivity index (χ1) is 10.1. The molecule has 0 aliphatic carbocycles. The molecule has 21 heavy (non-hydrogen) atoms. The van der Waals surface area contributed by atoms with Crippen molar-refractivity contribution in [3.8, 4) is 11.3 Å². The highest BCUT2D eigenvalue weighted by Crippen LogP contribution is 2.23. The van der Waals surface area contributed by atoms with E-state index in [-0.39, 0.29) is 6.10 Å². The van der Waals surface area contributed by atoms with Crippen molar-refractivity contribution in [2.75, 3.05) is 19.6 Å². The van der Waals surface area contributed by atoms with Gasteiger partial charge in [-0.3, -0.25) is 0 Å². The normalized spacial score (nSPS) is 12.5. The van der Waals surface area contributed by atoms with Crippen molar-refractivity contribution in [2.45, 2.75) is 19.6 Å². The Bertz CT molecular complexity index is 537. The number of nitrogens with one attached hydrogen (secondary N) is 2. The molecule has 0 spiro atoms. The third kappa shape index (κ3) is 5.52. The van der Waals surface area contributed by atoms with Crippen LogP contribution < -0.4 is 10.6 Å². The van der Waals surface area contributed by atoms with Gasteiger partial charge in [0.1, 0.15) is 11.5 Å². The van der Waals surface area contributed by atoms with Gasteiger partial charge in [-0.2, -0.15) is 0 Å². The number of aliphatic hydroxyl groups excluding tert-OH is 1. The lowest BCUT2D eigenvalue weighted by Crippen LogP contribution is -2.31. The monoisotopic (exact) mass is 308 g/mol. The van der Waals surface area contributed by atoms with Crippen molar-refractivity contribution in [3.63, 3.8) is 0 Å². The summed E-state index contributed by atoms with van der Waals surface area (Å²) in [5.74, 6) is 1.74. The average molecular weight is 309 g/mol. The molecule has 2 aromatic rings. The molecule has 0 radical (unpaired) electrons. The zero-order chi connectivity index (χ0) is 15.1. The Kier molecular flexibility index (Phi) is 6.26. The third-order valence-corrected chi connectivity index (χ3v) is 3.26. The number of hydrogen-bond donors (Lipinski definition) is 3. The number of aliphatic hydroxyl groups is 1. The molecule has 1 aromatic carbocycles. The maximum absolute atomic E-state index is 9.11. The van der Waals surface area contributed by atoms with E-state index in [1.165, 1.54) is 0 Å². The van der Waals surface area contributed by atoms with E-state index in [4.69, 9.17) is 21.1 Å². The molecule has 0 unspecified atom stereocenters. The summed E-state index contributed by atoms with van der Waals surface area (Å²) in [6.45, 7) is 4.70. The molecular weight excluding hydrogens is 288 g/mol. The van der Waals surface area contributed by atoms with E-state index in [1.54, 1.807) is 6.92 Å². The molecule has 1 atom stereocenters. The maximum Gasteiger partial charge on any atom is 0.134 e. The smallest absolute Gasteiger partial charge is 0.134 e. The molecule has 3 N–H and O–H groups in total. The van der Waals surface area contributed by atoms with Gasteiger partial charge in [0.2, 0.25) is 0 Å². The van der Waals surface area contributed by atoms with Crippen LogP contribution in [0.5, 0.6) is 0 Å². The first-order valence-corrected chi connectivity index (χ1v) is 7.47. The Labute approximate surface area is 130 Å². The van der Waals surface area contributed by atoms with Crippen molar-refractivity contribution < 1.29 is 9.52 Å². The number of halogens is 1. The molecule has 114 valence electrons. The fourth-order valence-corrected chi connectivity index (χ4v) is 2.07.